The third-order valence-corrected chi connectivity index (χ3v) is 4.53. The van der Waals surface area contributed by atoms with Crippen LogP contribution in [0.5, 0.6) is 0 Å². The summed E-state index contributed by atoms with van der Waals surface area (Å²) in [5.74, 6) is -2.15. The quantitative estimate of drug-likeness (QED) is 0.453. The molecule has 8 nitrogen and oxygen atoms in total. The van der Waals surface area contributed by atoms with Gasteiger partial charge in [-0.25, -0.2) is 5.43 Å². The molecule has 0 atom stereocenters. The van der Waals surface area contributed by atoms with Crippen molar-refractivity contribution in [2.24, 2.45) is 5.10 Å². The molecule has 0 unspecified atom stereocenters. The first-order valence-corrected chi connectivity index (χ1v) is 9.29. The molecule has 2 aromatic rings. The molecule has 1 aliphatic heterocycles. The fourth-order valence-electron chi connectivity index (χ4n) is 2.69. The number of ether oxygens (including phenoxy) is 1. The van der Waals surface area contributed by atoms with Gasteiger partial charge >= 0.3 is 11.8 Å². The molecule has 0 aliphatic carbocycles. The van der Waals surface area contributed by atoms with Gasteiger partial charge in [0.15, 0.2) is 0 Å². The summed E-state index contributed by atoms with van der Waals surface area (Å²) in [5, 5.41) is 6.66. The van der Waals surface area contributed by atoms with Gasteiger partial charge in [0.05, 0.1) is 30.7 Å². The monoisotopic (exact) mass is 414 g/mol. The van der Waals surface area contributed by atoms with E-state index in [9.17, 15) is 14.4 Å². The molecule has 0 saturated carbocycles. The Kier molecular flexibility index (Phi) is 6.94. The van der Waals surface area contributed by atoms with Crippen LogP contribution in [-0.4, -0.2) is 55.1 Å². The third kappa shape index (κ3) is 5.40. The Labute approximate surface area is 172 Å². The maximum atomic E-state index is 12.7. The zero-order valence-electron chi connectivity index (χ0n) is 15.4. The van der Waals surface area contributed by atoms with Crippen molar-refractivity contribution in [1.29, 1.82) is 0 Å². The molecular weight excluding hydrogens is 396 g/mol. The van der Waals surface area contributed by atoms with Gasteiger partial charge in [-0.1, -0.05) is 41.9 Å². The number of anilines is 1. The van der Waals surface area contributed by atoms with E-state index in [0.29, 0.717) is 42.5 Å². The minimum absolute atomic E-state index is 0.235. The van der Waals surface area contributed by atoms with Gasteiger partial charge in [-0.3, -0.25) is 14.4 Å². The second-order valence-electron chi connectivity index (χ2n) is 6.12. The zero-order chi connectivity index (χ0) is 20.6. The molecule has 1 heterocycles. The molecule has 1 saturated heterocycles. The summed E-state index contributed by atoms with van der Waals surface area (Å²) in [6.45, 7) is 1.87. The third-order valence-electron chi connectivity index (χ3n) is 4.19. The number of rotatable bonds is 4. The first kappa shape index (κ1) is 20.5. The number of hydrazone groups is 1. The lowest BCUT2D eigenvalue weighted by Crippen LogP contribution is -2.41. The number of morpholine rings is 1. The molecule has 1 fully saturated rings. The lowest BCUT2D eigenvalue weighted by Gasteiger charge is -2.27. The Morgan fingerprint density at radius 1 is 1.00 bits per heavy atom. The van der Waals surface area contributed by atoms with Gasteiger partial charge in [-0.2, -0.15) is 5.10 Å². The number of halogens is 1. The van der Waals surface area contributed by atoms with E-state index in [4.69, 9.17) is 16.3 Å². The second kappa shape index (κ2) is 9.81. The van der Waals surface area contributed by atoms with E-state index in [1.54, 1.807) is 53.4 Å². The van der Waals surface area contributed by atoms with Gasteiger partial charge in [-0.15, -0.1) is 0 Å². The van der Waals surface area contributed by atoms with Crippen LogP contribution >= 0.6 is 11.6 Å². The van der Waals surface area contributed by atoms with Gasteiger partial charge in [0.25, 0.3) is 5.91 Å². The van der Waals surface area contributed by atoms with Crippen LogP contribution < -0.4 is 10.7 Å². The molecule has 150 valence electrons. The minimum atomic E-state index is -0.970. The highest BCUT2D eigenvalue weighted by Gasteiger charge is 2.22. The topological polar surface area (TPSA) is 100 Å². The maximum absolute atomic E-state index is 12.7. The summed E-state index contributed by atoms with van der Waals surface area (Å²) in [6, 6.07) is 13.4. The van der Waals surface area contributed by atoms with Gasteiger partial charge in [0.1, 0.15) is 0 Å². The normalized spacial score (nSPS) is 13.9. The number of benzene rings is 2. The van der Waals surface area contributed by atoms with Crippen molar-refractivity contribution in [3.8, 4) is 0 Å². The second-order valence-corrected chi connectivity index (χ2v) is 6.53. The molecular formula is C20H19ClN4O4. The van der Waals surface area contributed by atoms with E-state index >= 15 is 0 Å². The van der Waals surface area contributed by atoms with E-state index in [-0.39, 0.29) is 11.6 Å². The number of nitrogens with one attached hydrogen (secondary N) is 2. The Morgan fingerprint density at radius 2 is 1.69 bits per heavy atom. The molecule has 29 heavy (non-hydrogen) atoms. The Bertz CT molecular complexity index is 942. The van der Waals surface area contributed by atoms with Crippen molar-refractivity contribution in [2.45, 2.75) is 0 Å². The molecule has 2 N–H and O–H groups in total. The lowest BCUT2D eigenvalue weighted by molar-refractivity contribution is -0.136. The molecule has 2 aromatic carbocycles. The van der Waals surface area contributed by atoms with Gasteiger partial charge in [0.2, 0.25) is 0 Å². The molecule has 1 aliphatic rings. The van der Waals surface area contributed by atoms with E-state index in [1.807, 2.05) is 0 Å². The fraction of sp³-hybridized carbons (Fsp3) is 0.200. The summed E-state index contributed by atoms with van der Waals surface area (Å²) in [7, 11) is 0. The maximum Gasteiger partial charge on any atom is 0.329 e. The Morgan fingerprint density at radius 3 is 2.45 bits per heavy atom. The summed E-state index contributed by atoms with van der Waals surface area (Å²) in [5.41, 5.74) is 3.28. The zero-order valence-corrected chi connectivity index (χ0v) is 16.2. The predicted molar refractivity (Wildman–Crippen MR) is 109 cm³/mol. The molecule has 3 amide bonds. The molecule has 0 radical (unpaired) electrons. The smallest absolute Gasteiger partial charge is 0.329 e. The summed E-state index contributed by atoms with van der Waals surface area (Å²) in [6.07, 6.45) is 1.34. The highest BCUT2D eigenvalue weighted by molar-refractivity contribution is 6.40. The first-order chi connectivity index (χ1) is 14.1. The number of carbonyl (C=O) groups excluding carboxylic acids is 3. The molecule has 0 spiro atoms. The van der Waals surface area contributed by atoms with Crippen molar-refractivity contribution >= 4 is 41.2 Å². The molecule has 0 aromatic heterocycles. The van der Waals surface area contributed by atoms with Crippen LogP contribution in [0.4, 0.5) is 5.69 Å². The standard InChI is InChI=1S/C20H19ClN4O4/c21-16-7-3-1-5-14(16)13-22-24-19(27)18(26)23-17-8-4-2-6-15(17)20(28)25-9-11-29-12-10-25/h1-8,13H,9-12H2,(H,23,26)(H,24,27)/b22-13-. The molecule has 9 heteroatoms. The van der Waals surface area contributed by atoms with Gasteiger partial charge in [0, 0.05) is 23.7 Å². The van der Waals surface area contributed by atoms with Gasteiger partial charge in [-0.05, 0) is 18.2 Å². The largest absolute Gasteiger partial charge is 0.378 e. The molecule has 3 rings (SSSR count). The van der Waals surface area contributed by atoms with Crippen LogP contribution in [0.2, 0.25) is 5.02 Å². The Hall–Kier alpha value is -3.23. The average molecular weight is 415 g/mol. The van der Waals surface area contributed by atoms with Crippen molar-refractivity contribution in [2.75, 3.05) is 31.6 Å². The van der Waals surface area contributed by atoms with E-state index < -0.39 is 11.8 Å². The first-order valence-electron chi connectivity index (χ1n) is 8.91. The van der Waals surface area contributed by atoms with Crippen molar-refractivity contribution < 1.29 is 19.1 Å². The average Bonchev–Trinajstić information content (AvgIpc) is 2.75. The van der Waals surface area contributed by atoms with Crippen LogP contribution in [0.15, 0.2) is 53.6 Å². The van der Waals surface area contributed by atoms with Crippen LogP contribution in [0.25, 0.3) is 0 Å². The summed E-state index contributed by atoms with van der Waals surface area (Å²) in [4.78, 5) is 38.6. The van der Waals surface area contributed by atoms with Crippen LogP contribution in [0.3, 0.4) is 0 Å². The van der Waals surface area contributed by atoms with E-state index in [2.05, 4.69) is 15.8 Å². The Balaban J connectivity index is 1.63. The number of amides is 3. The fourth-order valence-corrected chi connectivity index (χ4v) is 2.87. The van der Waals surface area contributed by atoms with Gasteiger partial charge < -0.3 is 15.0 Å². The van der Waals surface area contributed by atoms with Crippen molar-refractivity contribution in [3.63, 3.8) is 0 Å². The minimum Gasteiger partial charge on any atom is -0.378 e. The number of para-hydroxylation sites is 1. The highest BCUT2D eigenvalue weighted by Crippen LogP contribution is 2.18. The number of carbonyl (C=O) groups is 3. The van der Waals surface area contributed by atoms with Crippen LogP contribution in [-0.2, 0) is 14.3 Å². The summed E-state index contributed by atoms with van der Waals surface area (Å²) < 4.78 is 5.25. The van der Waals surface area contributed by atoms with Crippen molar-refractivity contribution in [3.05, 3.63) is 64.7 Å². The number of nitrogens with zero attached hydrogens (tertiary/aromatic N) is 2. The van der Waals surface area contributed by atoms with Crippen molar-refractivity contribution in [1.82, 2.24) is 10.3 Å². The SMILES string of the molecule is O=C(N/N=C\c1ccccc1Cl)C(=O)Nc1ccccc1C(=O)N1CCOCC1. The van der Waals surface area contributed by atoms with E-state index in [1.165, 1.54) is 6.21 Å². The summed E-state index contributed by atoms with van der Waals surface area (Å²) >= 11 is 5.99. The molecule has 0 bridgehead atoms. The lowest BCUT2D eigenvalue weighted by atomic mass is 10.1. The number of hydrogen-bond donors (Lipinski definition) is 2. The number of hydrogen-bond acceptors (Lipinski definition) is 5. The van der Waals surface area contributed by atoms with E-state index in [0.717, 1.165) is 0 Å². The predicted octanol–water partition coefficient (Wildman–Crippen LogP) is 1.90. The van der Waals surface area contributed by atoms with Crippen LogP contribution in [0, 0.1) is 0 Å². The van der Waals surface area contributed by atoms with Crippen LogP contribution in [0.1, 0.15) is 15.9 Å². The highest BCUT2D eigenvalue weighted by atomic mass is 35.5.